The average molecular weight is 215 g/mol. The van der Waals surface area contributed by atoms with Gasteiger partial charge in [0.1, 0.15) is 0 Å². The Kier molecular flexibility index (Phi) is 3.00. The summed E-state index contributed by atoms with van der Waals surface area (Å²) in [6.45, 7) is 2.48. The van der Waals surface area contributed by atoms with E-state index in [2.05, 4.69) is 15.6 Å². The lowest BCUT2D eigenvalue weighted by Crippen LogP contribution is -2.28. The quantitative estimate of drug-likeness (QED) is 0.808. The molecule has 2 rings (SSSR count). The maximum absolute atomic E-state index is 11.3. The van der Waals surface area contributed by atoms with Crippen molar-refractivity contribution < 1.29 is 4.79 Å². The third-order valence-electron chi connectivity index (χ3n) is 2.19. The minimum atomic E-state index is -0.209. The summed E-state index contributed by atoms with van der Waals surface area (Å²) in [7, 11) is 0. The summed E-state index contributed by atoms with van der Waals surface area (Å²) in [5, 5.41) is 6.40. The highest BCUT2D eigenvalue weighted by Gasteiger charge is 2.01. The van der Waals surface area contributed by atoms with E-state index >= 15 is 0 Å². The van der Waals surface area contributed by atoms with Gasteiger partial charge in [-0.05, 0) is 19.1 Å². The Balaban J connectivity index is 2.22. The summed E-state index contributed by atoms with van der Waals surface area (Å²) < 4.78 is 0. The van der Waals surface area contributed by atoms with Gasteiger partial charge in [0.2, 0.25) is 0 Å². The minimum absolute atomic E-state index is 0.209. The van der Waals surface area contributed by atoms with Gasteiger partial charge >= 0.3 is 6.03 Å². The van der Waals surface area contributed by atoms with Crippen molar-refractivity contribution in [3.63, 3.8) is 0 Å². The number of carbonyl (C=O) groups is 1. The molecule has 0 bridgehead atoms. The number of hydrogen-bond donors (Lipinski definition) is 2. The molecule has 0 aliphatic carbocycles. The zero-order chi connectivity index (χ0) is 11.4. The van der Waals surface area contributed by atoms with Crippen LogP contribution in [0.3, 0.4) is 0 Å². The predicted molar refractivity (Wildman–Crippen MR) is 64.4 cm³/mol. The summed E-state index contributed by atoms with van der Waals surface area (Å²) in [6, 6.07) is 9.47. The second kappa shape index (κ2) is 4.61. The number of nitrogens with one attached hydrogen (secondary N) is 2. The molecule has 0 spiro atoms. The summed E-state index contributed by atoms with van der Waals surface area (Å²) in [6.07, 6.45) is 1.65. The van der Waals surface area contributed by atoms with E-state index in [1.807, 2.05) is 37.3 Å². The second-order valence-electron chi connectivity index (χ2n) is 3.40. The molecule has 0 saturated carbocycles. The number of rotatable bonds is 2. The number of amides is 2. The number of para-hydroxylation sites is 1. The van der Waals surface area contributed by atoms with Crippen LogP contribution in [0.25, 0.3) is 10.9 Å². The van der Waals surface area contributed by atoms with Gasteiger partial charge in [-0.3, -0.25) is 4.98 Å². The topological polar surface area (TPSA) is 54.0 Å². The second-order valence-corrected chi connectivity index (χ2v) is 3.40. The highest BCUT2D eigenvalue weighted by molar-refractivity contribution is 5.91. The lowest BCUT2D eigenvalue weighted by Gasteiger charge is -2.06. The SMILES string of the molecule is CCNC(=O)Nc1cnc2ccccc2c1. The number of carbonyl (C=O) groups excluding carboxylic acids is 1. The van der Waals surface area contributed by atoms with E-state index in [4.69, 9.17) is 0 Å². The summed E-state index contributed by atoms with van der Waals surface area (Å²) in [5.41, 5.74) is 1.62. The molecule has 1 heterocycles. The third kappa shape index (κ3) is 2.28. The molecule has 16 heavy (non-hydrogen) atoms. The Morgan fingerprint density at radius 1 is 1.38 bits per heavy atom. The molecular formula is C12H13N3O. The van der Waals surface area contributed by atoms with Gasteiger partial charge in [-0.1, -0.05) is 18.2 Å². The number of aromatic nitrogens is 1. The van der Waals surface area contributed by atoms with Gasteiger partial charge < -0.3 is 10.6 Å². The van der Waals surface area contributed by atoms with E-state index in [1.54, 1.807) is 6.20 Å². The fourth-order valence-electron chi connectivity index (χ4n) is 1.48. The summed E-state index contributed by atoms with van der Waals surface area (Å²) in [5.74, 6) is 0. The molecule has 0 saturated heterocycles. The number of nitrogens with zero attached hydrogens (tertiary/aromatic N) is 1. The number of urea groups is 1. The van der Waals surface area contributed by atoms with Crippen molar-refractivity contribution in [2.75, 3.05) is 11.9 Å². The first-order valence-corrected chi connectivity index (χ1v) is 5.19. The number of fused-ring (bicyclic) bond motifs is 1. The van der Waals surface area contributed by atoms with Crippen molar-refractivity contribution in [2.24, 2.45) is 0 Å². The van der Waals surface area contributed by atoms with Crippen LogP contribution in [-0.4, -0.2) is 17.6 Å². The maximum Gasteiger partial charge on any atom is 0.319 e. The monoisotopic (exact) mass is 215 g/mol. The molecule has 0 aliphatic heterocycles. The zero-order valence-electron chi connectivity index (χ0n) is 9.03. The van der Waals surface area contributed by atoms with Crippen molar-refractivity contribution in [1.82, 2.24) is 10.3 Å². The van der Waals surface area contributed by atoms with Crippen LogP contribution >= 0.6 is 0 Å². The van der Waals surface area contributed by atoms with E-state index in [1.165, 1.54) is 0 Å². The maximum atomic E-state index is 11.3. The number of anilines is 1. The van der Waals surface area contributed by atoms with Crippen LogP contribution in [0.4, 0.5) is 10.5 Å². The van der Waals surface area contributed by atoms with Crippen LogP contribution in [0.15, 0.2) is 36.5 Å². The standard InChI is InChI=1S/C12H13N3O/c1-2-13-12(16)15-10-7-9-5-3-4-6-11(9)14-8-10/h3-8H,2H2,1H3,(H2,13,15,16). The zero-order valence-corrected chi connectivity index (χ0v) is 9.03. The van der Waals surface area contributed by atoms with Gasteiger partial charge in [-0.25, -0.2) is 4.79 Å². The van der Waals surface area contributed by atoms with Crippen molar-refractivity contribution in [3.05, 3.63) is 36.5 Å². The Hall–Kier alpha value is -2.10. The van der Waals surface area contributed by atoms with Crippen LogP contribution in [0.5, 0.6) is 0 Å². The molecule has 0 aliphatic rings. The first kappa shape index (κ1) is 10.4. The van der Waals surface area contributed by atoms with Gasteiger partial charge in [-0.15, -0.1) is 0 Å². The van der Waals surface area contributed by atoms with Crippen LogP contribution < -0.4 is 10.6 Å². The Morgan fingerprint density at radius 2 is 2.19 bits per heavy atom. The molecule has 0 radical (unpaired) electrons. The van der Waals surface area contributed by atoms with Crippen LogP contribution in [0.2, 0.25) is 0 Å². The lowest BCUT2D eigenvalue weighted by atomic mass is 10.2. The van der Waals surface area contributed by atoms with Gasteiger partial charge in [0.05, 0.1) is 17.4 Å². The molecule has 82 valence electrons. The fourth-order valence-corrected chi connectivity index (χ4v) is 1.48. The number of benzene rings is 1. The molecule has 0 fully saturated rings. The highest BCUT2D eigenvalue weighted by atomic mass is 16.2. The molecule has 0 atom stereocenters. The van der Waals surface area contributed by atoms with Crippen molar-refractivity contribution in [3.8, 4) is 0 Å². The van der Waals surface area contributed by atoms with Crippen molar-refractivity contribution in [1.29, 1.82) is 0 Å². The van der Waals surface area contributed by atoms with Gasteiger partial charge in [-0.2, -0.15) is 0 Å². The van der Waals surface area contributed by atoms with E-state index < -0.39 is 0 Å². The Morgan fingerprint density at radius 3 is 3.00 bits per heavy atom. The average Bonchev–Trinajstić information content (AvgIpc) is 2.29. The van der Waals surface area contributed by atoms with E-state index in [-0.39, 0.29) is 6.03 Å². The Bertz CT molecular complexity index is 510. The molecule has 4 heteroatoms. The summed E-state index contributed by atoms with van der Waals surface area (Å²) >= 11 is 0. The number of pyridine rings is 1. The van der Waals surface area contributed by atoms with E-state index in [0.29, 0.717) is 12.2 Å². The molecule has 2 aromatic rings. The molecule has 1 aromatic carbocycles. The lowest BCUT2D eigenvalue weighted by molar-refractivity contribution is 0.252. The molecule has 0 unspecified atom stereocenters. The molecule has 2 amide bonds. The van der Waals surface area contributed by atoms with Crippen molar-refractivity contribution >= 4 is 22.6 Å². The minimum Gasteiger partial charge on any atom is -0.338 e. The first-order valence-electron chi connectivity index (χ1n) is 5.19. The molecule has 1 aromatic heterocycles. The van der Waals surface area contributed by atoms with Crippen LogP contribution in [0, 0.1) is 0 Å². The Labute approximate surface area is 93.7 Å². The fraction of sp³-hybridized carbons (Fsp3) is 0.167. The highest BCUT2D eigenvalue weighted by Crippen LogP contribution is 2.15. The van der Waals surface area contributed by atoms with Crippen LogP contribution in [0.1, 0.15) is 6.92 Å². The predicted octanol–water partition coefficient (Wildman–Crippen LogP) is 2.38. The van der Waals surface area contributed by atoms with E-state index in [0.717, 1.165) is 10.9 Å². The van der Waals surface area contributed by atoms with Gasteiger partial charge in [0.25, 0.3) is 0 Å². The molecule has 2 N–H and O–H groups in total. The third-order valence-corrected chi connectivity index (χ3v) is 2.19. The van der Waals surface area contributed by atoms with Gasteiger partial charge in [0.15, 0.2) is 0 Å². The molecular weight excluding hydrogens is 202 g/mol. The number of hydrogen-bond acceptors (Lipinski definition) is 2. The van der Waals surface area contributed by atoms with E-state index in [9.17, 15) is 4.79 Å². The largest absolute Gasteiger partial charge is 0.338 e. The normalized spacial score (nSPS) is 10.1. The smallest absolute Gasteiger partial charge is 0.319 e. The first-order chi connectivity index (χ1) is 7.79. The van der Waals surface area contributed by atoms with Gasteiger partial charge in [0, 0.05) is 11.9 Å². The van der Waals surface area contributed by atoms with Crippen LogP contribution in [-0.2, 0) is 0 Å². The summed E-state index contributed by atoms with van der Waals surface area (Å²) in [4.78, 5) is 15.6. The van der Waals surface area contributed by atoms with Crippen molar-refractivity contribution in [2.45, 2.75) is 6.92 Å². The molecule has 4 nitrogen and oxygen atoms in total.